The summed E-state index contributed by atoms with van der Waals surface area (Å²) in [5.74, 6) is -0.478. The largest absolute Gasteiger partial charge is 0.461 e. The Kier molecular flexibility index (Phi) is 4.62. The van der Waals surface area contributed by atoms with E-state index < -0.39 is 5.97 Å². The molecule has 0 fully saturated rings. The van der Waals surface area contributed by atoms with E-state index in [1.54, 1.807) is 36.7 Å². The fraction of sp³-hybridized carbons (Fsp3) is 0.308. The molecule has 0 aliphatic heterocycles. The van der Waals surface area contributed by atoms with Crippen LogP contribution in [0.25, 0.3) is 0 Å². The number of carbonyl (C=O) groups is 1. The van der Waals surface area contributed by atoms with Crippen molar-refractivity contribution < 1.29 is 9.53 Å². The number of ether oxygens (including phenoxy) is 1. The normalized spacial score (nSPS) is 10.6. The fourth-order valence-electron chi connectivity index (χ4n) is 1.72. The number of benzene rings is 1. The van der Waals surface area contributed by atoms with Gasteiger partial charge in [0.2, 0.25) is 0 Å². The van der Waals surface area contributed by atoms with Gasteiger partial charge < -0.3 is 4.74 Å². The van der Waals surface area contributed by atoms with E-state index in [-0.39, 0.29) is 5.69 Å². The number of rotatable bonds is 4. The van der Waals surface area contributed by atoms with Gasteiger partial charge in [-0.25, -0.2) is 9.48 Å². The van der Waals surface area contributed by atoms with Crippen molar-refractivity contribution in [1.29, 1.82) is 0 Å². The first-order valence-corrected chi connectivity index (χ1v) is 6.79. The highest BCUT2D eigenvalue weighted by molar-refractivity contribution is 6.33. The van der Waals surface area contributed by atoms with Crippen molar-refractivity contribution in [2.24, 2.45) is 0 Å². The summed E-state index contributed by atoms with van der Waals surface area (Å²) in [5, 5.41) is 8.97. The van der Waals surface area contributed by atoms with Crippen LogP contribution in [0.1, 0.15) is 28.7 Å². The van der Waals surface area contributed by atoms with Gasteiger partial charge in [-0.05, 0) is 37.6 Å². The molecule has 20 heavy (non-hydrogen) atoms. The van der Waals surface area contributed by atoms with E-state index in [2.05, 4.69) is 10.3 Å². The van der Waals surface area contributed by atoms with Crippen LogP contribution in [0, 0.1) is 6.92 Å². The molecule has 0 N–H and O–H groups in total. The highest BCUT2D eigenvalue weighted by Crippen LogP contribution is 2.22. The van der Waals surface area contributed by atoms with Crippen LogP contribution in [0.3, 0.4) is 0 Å². The third kappa shape index (κ3) is 3.11. The SMILES string of the molecule is CCOC(=O)c1nnn(Cc2cc(Cl)ccc2Cl)c1C. The summed E-state index contributed by atoms with van der Waals surface area (Å²) in [5.41, 5.74) is 1.65. The average molecular weight is 314 g/mol. The molecule has 2 aromatic rings. The van der Waals surface area contributed by atoms with Crippen LogP contribution in [0.5, 0.6) is 0 Å². The lowest BCUT2D eigenvalue weighted by Crippen LogP contribution is -2.09. The molecule has 0 amide bonds. The van der Waals surface area contributed by atoms with Crippen molar-refractivity contribution >= 4 is 29.2 Å². The third-order valence-electron chi connectivity index (χ3n) is 2.78. The summed E-state index contributed by atoms with van der Waals surface area (Å²) >= 11 is 12.0. The second-order valence-electron chi connectivity index (χ2n) is 4.14. The van der Waals surface area contributed by atoms with Gasteiger partial charge in [0.05, 0.1) is 18.8 Å². The van der Waals surface area contributed by atoms with E-state index >= 15 is 0 Å². The van der Waals surface area contributed by atoms with E-state index in [9.17, 15) is 4.79 Å². The zero-order valence-corrected chi connectivity index (χ0v) is 12.6. The van der Waals surface area contributed by atoms with Crippen molar-refractivity contribution in [3.05, 3.63) is 45.2 Å². The minimum absolute atomic E-state index is 0.213. The van der Waals surface area contributed by atoms with Gasteiger partial charge in [-0.3, -0.25) is 0 Å². The number of nitrogens with zero attached hydrogens (tertiary/aromatic N) is 3. The van der Waals surface area contributed by atoms with Crippen LogP contribution < -0.4 is 0 Å². The third-order valence-corrected chi connectivity index (χ3v) is 3.38. The van der Waals surface area contributed by atoms with Crippen LogP contribution in [0.4, 0.5) is 0 Å². The first-order chi connectivity index (χ1) is 9.52. The van der Waals surface area contributed by atoms with Gasteiger partial charge in [0.15, 0.2) is 5.69 Å². The standard InChI is InChI=1S/C13H13Cl2N3O2/c1-3-20-13(19)12-8(2)18(17-16-12)7-9-6-10(14)4-5-11(9)15/h4-6H,3,7H2,1-2H3. The van der Waals surface area contributed by atoms with E-state index in [0.29, 0.717) is 28.9 Å². The number of carbonyl (C=O) groups excluding carboxylic acids is 1. The Morgan fingerprint density at radius 2 is 2.15 bits per heavy atom. The van der Waals surface area contributed by atoms with Gasteiger partial charge in [-0.15, -0.1) is 5.10 Å². The van der Waals surface area contributed by atoms with Crippen LogP contribution in [0.2, 0.25) is 10.0 Å². The van der Waals surface area contributed by atoms with Crippen LogP contribution in [0.15, 0.2) is 18.2 Å². The zero-order valence-electron chi connectivity index (χ0n) is 11.1. The Morgan fingerprint density at radius 3 is 2.85 bits per heavy atom. The second-order valence-corrected chi connectivity index (χ2v) is 4.98. The Hall–Kier alpha value is -1.59. The van der Waals surface area contributed by atoms with E-state index in [4.69, 9.17) is 27.9 Å². The predicted octanol–water partition coefficient (Wildman–Crippen LogP) is 3.12. The highest BCUT2D eigenvalue weighted by atomic mass is 35.5. The van der Waals surface area contributed by atoms with Crippen molar-refractivity contribution in [3.63, 3.8) is 0 Å². The van der Waals surface area contributed by atoms with Gasteiger partial charge in [0.25, 0.3) is 0 Å². The number of hydrogen-bond acceptors (Lipinski definition) is 4. The summed E-state index contributed by atoms with van der Waals surface area (Å²) in [6.07, 6.45) is 0. The minimum atomic E-state index is -0.478. The second kappa shape index (κ2) is 6.24. The van der Waals surface area contributed by atoms with Gasteiger partial charge in [0.1, 0.15) is 0 Å². The molecule has 0 saturated heterocycles. The maximum absolute atomic E-state index is 11.7. The van der Waals surface area contributed by atoms with Crippen molar-refractivity contribution in [1.82, 2.24) is 15.0 Å². The van der Waals surface area contributed by atoms with Crippen molar-refractivity contribution in [2.75, 3.05) is 6.61 Å². The topological polar surface area (TPSA) is 57.0 Å². The van der Waals surface area contributed by atoms with Crippen LogP contribution in [-0.4, -0.2) is 27.6 Å². The van der Waals surface area contributed by atoms with E-state index in [0.717, 1.165) is 5.56 Å². The van der Waals surface area contributed by atoms with Crippen LogP contribution in [-0.2, 0) is 11.3 Å². The molecule has 5 nitrogen and oxygen atoms in total. The van der Waals surface area contributed by atoms with Gasteiger partial charge in [-0.2, -0.15) is 0 Å². The summed E-state index contributed by atoms with van der Waals surface area (Å²) < 4.78 is 6.50. The lowest BCUT2D eigenvalue weighted by molar-refractivity contribution is 0.0518. The molecule has 0 unspecified atom stereocenters. The van der Waals surface area contributed by atoms with E-state index in [1.807, 2.05) is 0 Å². The number of esters is 1. The molecule has 0 aliphatic carbocycles. The Morgan fingerprint density at radius 1 is 1.40 bits per heavy atom. The molecular formula is C13H13Cl2N3O2. The number of halogens is 2. The number of hydrogen-bond donors (Lipinski definition) is 0. The Balaban J connectivity index is 2.26. The maximum atomic E-state index is 11.7. The Bertz CT molecular complexity index is 641. The first-order valence-electron chi connectivity index (χ1n) is 6.04. The molecule has 0 saturated carbocycles. The van der Waals surface area contributed by atoms with Gasteiger partial charge in [-0.1, -0.05) is 28.4 Å². The first kappa shape index (κ1) is 14.8. The molecule has 7 heteroatoms. The lowest BCUT2D eigenvalue weighted by Gasteiger charge is -2.06. The smallest absolute Gasteiger partial charge is 0.360 e. The average Bonchev–Trinajstić information content (AvgIpc) is 2.76. The molecule has 0 bridgehead atoms. The summed E-state index contributed by atoms with van der Waals surface area (Å²) in [4.78, 5) is 11.7. The summed E-state index contributed by atoms with van der Waals surface area (Å²) in [6, 6.07) is 5.19. The fourth-order valence-corrected chi connectivity index (χ4v) is 2.10. The van der Waals surface area contributed by atoms with Crippen molar-refractivity contribution in [2.45, 2.75) is 20.4 Å². The molecule has 1 aromatic carbocycles. The predicted molar refractivity (Wildman–Crippen MR) is 76.3 cm³/mol. The molecule has 0 radical (unpaired) electrons. The van der Waals surface area contributed by atoms with Gasteiger partial charge in [0, 0.05) is 10.0 Å². The molecule has 1 heterocycles. The van der Waals surface area contributed by atoms with Crippen molar-refractivity contribution in [3.8, 4) is 0 Å². The Labute approximate surface area is 126 Å². The molecule has 0 atom stereocenters. The summed E-state index contributed by atoms with van der Waals surface area (Å²) in [7, 11) is 0. The molecular weight excluding hydrogens is 301 g/mol. The van der Waals surface area contributed by atoms with E-state index in [1.165, 1.54) is 0 Å². The highest BCUT2D eigenvalue weighted by Gasteiger charge is 2.18. The monoisotopic (exact) mass is 313 g/mol. The minimum Gasteiger partial charge on any atom is -0.461 e. The lowest BCUT2D eigenvalue weighted by atomic mass is 10.2. The van der Waals surface area contributed by atoms with Crippen LogP contribution >= 0.6 is 23.2 Å². The van der Waals surface area contributed by atoms with Gasteiger partial charge >= 0.3 is 5.97 Å². The molecule has 106 valence electrons. The maximum Gasteiger partial charge on any atom is 0.360 e. The zero-order chi connectivity index (χ0) is 14.7. The molecule has 0 aliphatic rings. The molecule has 0 spiro atoms. The number of aromatic nitrogens is 3. The molecule has 1 aromatic heterocycles. The molecule has 2 rings (SSSR count). The summed E-state index contributed by atoms with van der Waals surface area (Å²) in [6.45, 7) is 4.18. The quantitative estimate of drug-likeness (QED) is 0.814.